The van der Waals surface area contributed by atoms with Crippen molar-refractivity contribution in [2.24, 2.45) is 11.8 Å². The largest absolute Gasteiger partial charge is 0.410 e. The summed E-state index contributed by atoms with van der Waals surface area (Å²) in [7, 11) is 0. The summed E-state index contributed by atoms with van der Waals surface area (Å²) >= 11 is 0. The lowest BCUT2D eigenvalue weighted by Gasteiger charge is -2.37. The highest BCUT2D eigenvalue weighted by Crippen LogP contribution is 2.45. The number of piperidine rings is 1. The van der Waals surface area contributed by atoms with Gasteiger partial charge in [-0.2, -0.15) is 23.1 Å². The zero-order valence-corrected chi connectivity index (χ0v) is 19.6. The predicted molar refractivity (Wildman–Crippen MR) is 117 cm³/mol. The summed E-state index contributed by atoms with van der Waals surface area (Å²) in [5, 5.41) is 11.2. The third kappa shape index (κ3) is 4.09. The SMILES string of the molecule is Cc1noc(N2CC3CCC(C2)C3Nc2nc3n(n2)C(C(F)(F)F)CCC3c2ccc(F)c(F)c2F)n1. The first-order chi connectivity index (χ1) is 17.6. The van der Waals surface area contributed by atoms with Crippen LogP contribution in [0.25, 0.3) is 0 Å². The quantitative estimate of drug-likeness (QED) is 0.388. The molecular formula is C23H23F6N7O. The molecule has 198 valence electrons. The topological polar surface area (TPSA) is 84.9 Å². The second-order valence-electron chi connectivity index (χ2n) is 9.99. The smallest absolute Gasteiger partial charge is 0.350 e. The second-order valence-corrected chi connectivity index (χ2v) is 9.99. The molecular weight excluding hydrogens is 504 g/mol. The van der Waals surface area contributed by atoms with E-state index >= 15 is 0 Å². The van der Waals surface area contributed by atoms with Gasteiger partial charge >= 0.3 is 12.2 Å². The molecule has 14 heteroatoms. The van der Waals surface area contributed by atoms with E-state index < -0.39 is 42.0 Å². The zero-order chi connectivity index (χ0) is 26.1. The summed E-state index contributed by atoms with van der Waals surface area (Å²) in [5.74, 6) is -4.78. The molecule has 4 heterocycles. The number of aryl methyl sites for hydroxylation is 1. The summed E-state index contributed by atoms with van der Waals surface area (Å²) in [6.45, 7) is 2.98. The number of hydrogen-bond donors (Lipinski definition) is 1. The molecule has 0 radical (unpaired) electrons. The van der Waals surface area contributed by atoms with E-state index in [2.05, 4.69) is 25.5 Å². The fraction of sp³-hybridized carbons (Fsp3) is 0.565. The molecule has 4 unspecified atom stereocenters. The first-order valence-electron chi connectivity index (χ1n) is 12.1. The van der Waals surface area contributed by atoms with Gasteiger partial charge in [-0.05, 0) is 50.5 Å². The van der Waals surface area contributed by atoms with Crippen LogP contribution in [0.5, 0.6) is 0 Å². The lowest BCUT2D eigenvalue weighted by Crippen LogP contribution is -2.48. The Morgan fingerprint density at radius 3 is 2.35 bits per heavy atom. The molecule has 0 amide bonds. The Kier molecular flexibility index (Phi) is 5.60. The molecule has 4 atom stereocenters. The van der Waals surface area contributed by atoms with Crippen LogP contribution in [-0.2, 0) is 0 Å². The Bertz CT molecular complexity index is 1310. The van der Waals surface area contributed by atoms with Gasteiger partial charge in [-0.3, -0.25) is 0 Å². The van der Waals surface area contributed by atoms with Crippen molar-refractivity contribution in [3.8, 4) is 0 Å². The average molecular weight is 527 g/mol. The van der Waals surface area contributed by atoms with Crippen LogP contribution in [0.3, 0.4) is 0 Å². The van der Waals surface area contributed by atoms with E-state index in [1.807, 2.05) is 4.90 Å². The number of nitrogens with zero attached hydrogens (tertiary/aromatic N) is 6. The van der Waals surface area contributed by atoms with Crippen LogP contribution >= 0.6 is 0 Å². The van der Waals surface area contributed by atoms with E-state index in [1.54, 1.807) is 6.92 Å². The monoisotopic (exact) mass is 527 g/mol. The van der Waals surface area contributed by atoms with Crippen LogP contribution in [0.15, 0.2) is 16.7 Å². The van der Waals surface area contributed by atoms with Gasteiger partial charge in [0.1, 0.15) is 11.9 Å². The highest BCUT2D eigenvalue weighted by molar-refractivity contribution is 5.37. The maximum Gasteiger partial charge on any atom is 0.410 e. The third-order valence-corrected chi connectivity index (χ3v) is 7.73. The number of fused-ring (bicyclic) bond motifs is 3. The highest BCUT2D eigenvalue weighted by atomic mass is 19.4. The van der Waals surface area contributed by atoms with Gasteiger partial charge in [0, 0.05) is 30.6 Å². The maximum absolute atomic E-state index is 14.6. The highest BCUT2D eigenvalue weighted by Gasteiger charge is 2.48. The second kappa shape index (κ2) is 8.62. The van der Waals surface area contributed by atoms with Gasteiger partial charge in [0.05, 0.1) is 0 Å². The van der Waals surface area contributed by atoms with Crippen LogP contribution in [0.1, 0.15) is 54.9 Å². The van der Waals surface area contributed by atoms with E-state index in [4.69, 9.17) is 4.52 Å². The Hall–Kier alpha value is -3.32. The van der Waals surface area contributed by atoms with E-state index in [0.29, 0.717) is 24.9 Å². The number of aromatic nitrogens is 5. The van der Waals surface area contributed by atoms with Gasteiger partial charge in [0.25, 0.3) is 0 Å². The van der Waals surface area contributed by atoms with Crippen molar-refractivity contribution in [3.63, 3.8) is 0 Å². The van der Waals surface area contributed by atoms with Gasteiger partial charge in [-0.1, -0.05) is 11.2 Å². The predicted octanol–water partition coefficient (Wildman–Crippen LogP) is 4.74. The molecule has 2 aliphatic heterocycles. The zero-order valence-electron chi connectivity index (χ0n) is 19.6. The van der Waals surface area contributed by atoms with Gasteiger partial charge in [0.2, 0.25) is 5.95 Å². The first-order valence-corrected chi connectivity index (χ1v) is 12.1. The molecule has 1 aromatic carbocycles. The van der Waals surface area contributed by atoms with Crippen LogP contribution in [0.4, 0.5) is 38.3 Å². The number of anilines is 2. The Morgan fingerprint density at radius 1 is 0.973 bits per heavy atom. The van der Waals surface area contributed by atoms with Gasteiger partial charge < -0.3 is 14.7 Å². The molecule has 0 spiro atoms. The third-order valence-electron chi connectivity index (χ3n) is 7.73. The molecule has 1 saturated carbocycles. The fourth-order valence-corrected chi connectivity index (χ4v) is 6.02. The molecule has 1 N–H and O–H groups in total. The number of nitrogens with one attached hydrogen (secondary N) is 1. The Morgan fingerprint density at radius 2 is 1.70 bits per heavy atom. The molecule has 3 aliphatic rings. The average Bonchev–Trinajstić information content (AvgIpc) is 3.52. The molecule has 1 aliphatic carbocycles. The van der Waals surface area contributed by atoms with Gasteiger partial charge in [-0.25, -0.2) is 17.9 Å². The fourth-order valence-electron chi connectivity index (χ4n) is 6.02. The molecule has 1 saturated heterocycles. The molecule has 8 nitrogen and oxygen atoms in total. The number of halogens is 6. The maximum atomic E-state index is 14.6. The summed E-state index contributed by atoms with van der Waals surface area (Å²) in [6, 6.07) is 0.211. The van der Waals surface area contributed by atoms with Crippen molar-refractivity contribution in [2.75, 3.05) is 23.3 Å². The first kappa shape index (κ1) is 24.0. The van der Waals surface area contributed by atoms with Crippen molar-refractivity contribution in [1.29, 1.82) is 0 Å². The van der Waals surface area contributed by atoms with E-state index in [1.165, 1.54) is 0 Å². The summed E-state index contributed by atoms with van der Waals surface area (Å²) in [5.41, 5.74) is -0.247. The van der Waals surface area contributed by atoms with E-state index in [0.717, 1.165) is 29.7 Å². The number of rotatable bonds is 4. The minimum atomic E-state index is -4.61. The molecule has 2 bridgehead atoms. The van der Waals surface area contributed by atoms with Crippen LogP contribution in [-0.4, -0.2) is 50.2 Å². The molecule has 3 aromatic rings. The Labute approximate surface area is 207 Å². The molecule has 2 fully saturated rings. The number of benzene rings is 1. The molecule has 2 aromatic heterocycles. The molecule has 37 heavy (non-hydrogen) atoms. The summed E-state index contributed by atoms with van der Waals surface area (Å²) in [4.78, 5) is 10.6. The van der Waals surface area contributed by atoms with E-state index in [-0.39, 0.29) is 41.6 Å². The number of alkyl halides is 3. The van der Waals surface area contributed by atoms with Crippen molar-refractivity contribution >= 4 is 12.0 Å². The van der Waals surface area contributed by atoms with Gasteiger partial charge in [-0.15, -0.1) is 5.10 Å². The van der Waals surface area contributed by atoms with Crippen molar-refractivity contribution in [3.05, 3.63) is 46.8 Å². The van der Waals surface area contributed by atoms with Crippen LogP contribution in [0.2, 0.25) is 0 Å². The summed E-state index contributed by atoms with van der Waals surface area (Å²) in [6.07, 6.45) is -3.35. The van der Waals surface area contributed by atoms with Crippen molar-refractivity contribution < 1.29 is 30.9 Å². The van der Waals surface area contributed by atoms with Crippen molar-refractivity contribution in [1.82, 2.24) is 24.9 Å². The van der Waals surface area contributed by atoms with Gasteiger partial charge in [0.15, 0.2) is 23.3 Å². The Balaban J connectivity index is 1.30. The lowest BCUT2D eigenvalue weighted by molar-refractivity contribution is -0.175. The van der Waals surface area contributed by atoms with E-state index in [9.17, 15) is 26.3 Å². The normalized spacial score (nSPS) is 27.4. The van der Waals surface area contributed by atoms with Crippen LogP contribution < -0.4 is 10.2 Å². The number of hydrogen-bond acceptors (Lipinski definition) is 7. The molecule has 6 rings (SSSR count). The van der Waals surface area contributed by atoms with Crippen LogP contribution in [0, 0.1) is 36.2 Å². The minimum absolute atomic E-state index is 0.00289. The standard InChI is InChI=1S/C23H23F6N7O/c1-10-30-22(37-34-10)35-8-11-2-3-12(9-35)19(11)31-21-32-20-14(13-4-6-15(24)18(26)17(13)25)5-7-16(23(27,28)29)36(20)33-21/h4,6,11-12,14,16,19H,2-3,5,7-9H2,1H3,(H,31,33). The summed E-state index contributed by atoms with van der Waals surface area (Å²) < 4.78 is 89.6. The van der Waals surface area contributed by atoms with Crippen molar-refractivity contribution in [2.45, 2.75) is 56.8 Å². The lowest BCUT2D eigenvalue weighted by atomic mass is 9.88. The minimum Gasteiger partial charge on any atom is -0.350 e.